The molecule has 2 aromatic heterocycles. The molecule has 176 valence electrons. The van der Waals surface area contributed by atoms with Gasteiger partial charge < -0.3 is 20.5 Å². The smallest absolute Gasteiger partial charge is 0.165 e. The van der Waals surface area contributed by atoms with Crippen LogP contribution in [0.2, 0.25) is 0 Å². The average molecular weight is 452 g/mol. The van der Waals surface area contributed by atoms with Crippen molar-refractivity contribution in [3.63, 3.8) is 0 Å². The van der Waals surface area contributed by atoms with Gasteiger partial charge in [0.05, 0.1) is 31.5 Å². The highest BCUT2D eigenvalue weighted by atomic mass is 16.5. The van der Waals surface area contributed by atoms with Crippen LogP contribution in [0.3, 0.4) is 0 Å². The molecule has 9 nitrogen and oxygen atoms in total. The van der Waals surface area contributed by atoms with Gasteiger partial charge in [0.25, 0.3) is 0 Å². The van der Waals surface area contributed by atoms with Gasteiger partial charge in [-0.2, -0.15) is 5.10 Å². The first-order valence-electron chi connectivity index (χ1n) is 11.5. The highest BCUT2D eigenvalue weighted by Crippen LogP contribution is 2.32. The molecule has 0 radical (unpaired) electrons. The second kappa shape index (κ2) is 10.7. The number of morpholine rings is 1. The van der Waals surface area contributed by atoms with Gasteiger partial charge in [0, 0.05) is 57.2 Å². The summed E-state index contributed by atoms with van der Waals surface area (Å²) in [5.41, 5.74) is 8.62. The fourth-order valence-electron chi connectivity index (χ4n) is 3.86. The highest BCUT2D eigenvalue weighted by molar-refractivity contribution is 5.74. The van der Waals surface area contributed by atoms with Crippen molar-refractivity contribution in [2.45, 2.75) is 25.9 Å². The van der Waals surface area contributed by atoms with Crippen molar-refractivity contribution in [3.05, 3.63) is 42.9 Å². The van der Waals surface area contributed by atoms with Crippen molar-refractivity contribution >= 4 is 5.82 Å². The standard InChI is InChI=1S/C24H33N7O2/c1-3-20(25)17-29(2)23-6-7-26-24(28-23)21-14-18(4-5-22(21)32)19-15-27-31(16-19)9-8-30-10-12-33-13-11-30/h4-7,14-16,20,32H,3,8-13,17,25H2,1-2H3/t20-/m0/s1. The molecule has 4 rings (SSSR count). The van der Waals surface area contributed by atoms with E-state index >= 15 is 0 Å². The van der Waals surface area contributed by atoms with Crippen LogP contribution in [-0.4, -0.2) is 82.2 Å². The molecule has 0 amide bonds. The number of nitrogens with two attached hydrogens (primary N) is 1. The molecular weight excluding hydrogens is 418 g/mol. The first-order valence-corrected chi connectivity index (χ1v) is 11.5. The van der Waals surface area contributed by atoms with Crippen LogP contribution in [0.25, 0.3) is 22.5 Å². The van der Waals surface area contributed by atoms with Crippen LogP contribution in [0.5, 0.6) is 5.75 Å². The molecule has 1 atom stereocenters. The summed E-state index contributed by atoms with van der Waals surface area (Å²) >= 11 is 0. The summed E-state index contributed by atoms with van der Waals surface area (Å²) in [5.74, 6) is 1.39. The molecule has 1 fully saturated rings. The van der Waals surface area contributed by atoms with Gasteiger partial charge in [-0.15, -0.1) is 0 Å². The number of rotatable bonds is 9. The van der Waals surface area contributed by atoms with E-state index in [-0.39, 0.29) is 11.8 Å². The maximum Gasteiger partial charge on any atom is 0.165 e. The minimum absolute atomic E-state index is 0.0740. The molecule has 3 heterocycles. The fraction of sp³-hybridized carbons (Fsp3) is 0.458. The van der Waals surface area contributed by atoms with Gasteiger partial charge in [0.2, 0.25) is 0 Å². The molecule has 1 aliphatic rings. The first-order chi connectivity index (χ1) is 16.0. The monoisotopic (exact) mass is 451 g/mol. The number of hydrogen-bond donors (Lipinski definition) is 2. The van der Waals surface area contributed by atoms with Crippen molar-refractivity contribution in [3.8, 4) is 28.3 Å². The molecule has 0 bridgehead atoms. The van der Waals surface area contributed by atoms with E-state index in [4.69, 9.17) is 10.5 Å². The third-order valence-corrected chi connectivity index (χ3v) is 6.02. The third-order valence-electron chi connectivity index (χ3n) is 6.02. The summed E-state index contributed by atoms with van der Waals surface area (Å²) in [5, 5.41) is 15.1. The Kier molecular flexibility index (Phi) is 7.54. The van der Waals surface area contributed by atoms with Gasteiger partial charge in [-0.05, 0) is 30.2 Å². The van der Waals surface area contributed by atoms with Crippen molar-refractivity contribution in [2.75, 3.05) is 51.3 Å². The number of aromatic nitrogens is 4. The lowest BCUT2D eigenvalue weighted by Crippen LogP contribution is -2.38. The maximum atomic E-state index is 10.5. The minimum Gasteiger partial charge on any atom is -0.507 e. The zero-order valence-electron chi connectivity index (χ0n) is 19.4. The number of phenolic OH excluding ortho intramolecular Hbond substituents is 1. The Balaban J connectivity index is 1.50. The first kappa shape index (κ1) is 23.2. The molecule has 0 aliphatic carbocycles. The normalized spacial score (nSPS) is 15.5. The van der Waals surface area contributed by atoms with Gasteiger partial charge in [0.15, 0.2) is 5.82 Å². The second-order valence-electron chi connectivity index (χ2n) is 8.47. The third kappa shape index (κ3) is 5.87. The number of hydrogen-bond acceptors (Lipinski definition) is 8. The molecule has 1 aromatic carbocycles. The van der Waals surface area contributed by atoms with Crippen molar-refractivity contribution in [2.24, 2.45) is 5.73 Å². The lowest BCUT2D eigenvalue weighted by atomic mass is 10.0. The number of phenols is 1. The largest absolute Gasteiger partial charge is 0.507 e. The molecule has 0 saturated carbocycles. The zero-order chi connectivity index (χ0) is 23.2. The van der Waals surface area contributed by atoms with E-state index in [0.29, 0.717) is 17.9 Å². The van der Waals surface area contributed by atoms with E-state index in [1.807, 2.05) is 47.2 Å². The van der Waals surface area contributed by atoms with E-state index in [0.717, 1.165) is 62.8 Å². The minimum atomic E-state index is 0.0740. The molecule has 3 aromatic rings. The van der Waals surface area contributed by atoms with E-state index in [1.54, 1.807) is 12.3 Å². The number of nitrogens with zero attached hydrogens (tertiary/aromatic N) is 6. The van der Waals surface area contributed by atoms with Crippen molar-refractivity contribution in [1.29, 1.82) is 0 Å². The SMILES string of the molecule is CC[C@H](N)CN(C)c1ccnc(-c2cc(-c3cnn(CCN4CCOCC4)c3)ccc2O)n1. The van der Waals surface area contributed by atoms with Crippen molar-refractivity contribution < 1.29 is 9.84 Å². The summed E-state index contributed by atoms with van der Waals surface area (Å²) in [6.07, 6.45) is 6.49. The topological polar surface area (TPSA) is 106 Å². The Morgan fingerprint density at radius 2 is 2.00 bits per heavy atom. The van der Waals surface area contributed by atoms with Gasteiger partial charge >= 0.3 is 0 Å². The van der Waals surface area contributed by atoms with Crippen LogP contribution in [0.4, 0.5) is 5.82 Å². The molecule has 33 heavy (non-hydrogen) atoms. The van der Waals surface area contributed by atoms with Gasteiger partial charge in [-0.3, -0.25) is 9.58 Å². The van der Waals surface area contributed by atoms with Crippen LogP contribution in [0.15, 0.2) is 42.9 Å². The Bertz CT molecular complexity index is 1050. The number of benzene rings is 1. The number of likely N-dealkylation sites (N-methyl/N-ethyl adjacent to an activating group) is 1. The summed E-state index contributed by atoms with van der Waals surface area (Å²) in [6.45, 7) is 8.06. The Morgan fingerprint density at radius 1 is 1.18 bits per heavy atom. The van der Waals surface area contributed by atoms with E-state index in [2.05, 4.69) is 26.9 Å². The Labute approximate surface area is 194 Å². The second-order valence-corrected chi connectivity index (χ2v) is 8.47. The number of anilines is 1. The molecule has 9 heteroatoms. The summed E-state index contributed by atoms with van der Waals surface area (Å²) in [6, 6.07) is 7.41. The molecule has 3 N–H and O–H groups in total. The van der Waals surface area contributed by atoms with Crippen LogP contribution < -0.4 is 10.6 Å². The van der Waals surface area contributed by atoms with E-state index in [1.165, 1.54) is 0 Å². The summed E-state index contributed by atoms with van der Waals surface area (Å²) in [4.78, 5) is 13.5. The van der Waals surface area contributed by atoms with Crippen LogP contribution in [0.1, 0.15) is 13.3 Å². The quantitative estimate of drug-likeness (QED) is 0.510. The Morgan fingerprint density at radius 3 is 2.79 bits per heavy atom. The lowest BCUT2D eigenvalue weighted by Gasteiger charge is -2.26. The van der Waals surface area contributed by atoms with E-state index in [9.17, 15) is 5.11 Å². The number of aromatic hydroxyl groups is 1. The van der Waals surface area contributed by atoms with Crippen LogP contribution in [-0.2, 0) is 11.3 Å². The average Bonchev–Trinajstić information content (AvgIpc) is 3.33. The summed E-state index contributed by atoms with van der Waals surface area (Å²) in [7, 11) is 1.96. The molecule has 1 saturated heterocycles. The van der Waals surface area contributed by atoms with Gasteiger partial charge in [-0.25, -0.2) is 9.97 Å². The number of ether oxygens (including phenoxy) is 1. The van der Waals surface area contributed by atoms with Gasteiger partial charge in [-0.1, -0.05) is 13.0 Å². The zero-order valence-corrected chi connectivity index (χ0v) is 19.4. The van der Waals surface area contributed by atoms with E-state index < -0.39 is 0 Å². The fourth-order valence-corrected chi connectivity index (χ4v) is 3.86. The van der Waals surface area contributed by atoms with Crippen LogP contribution >= 0.6 is 0 Å². The Hall–Kier alpha value is -3.01. The summed E-state index contributed by atoms with van der Waals surface area (Å²) < 4.78 is 7.37. The van der Waals surface area contributed by atoms with Gasteiger partial charge in [0.1, 0.15) is 11.6 Å². The molecule has 1 aliphatic heterocycles. The predicted molar refractivity (Wildman–Crippen MR) is 129 cm³/mol. The highest BCUT2D eigenvalue weighted by Gasteiger charge is 2.14. The molecule has 0 spiro atoms. The maximum absolute atomic E-state index is 10.5. The lowest BCUT2D eigenvalue weighted by molar-refractivity contribution is 0.0360. The predicted octanol–water partition coefficient (Wildman–Crippen LogP) is 2.22. The van der Waals surface area contributed by atoms with Crippen LogP contribution in [0, 0.1) is 0 Å². The van der Waals surface area contributed by atoms with Crippen molar-refractivity contribution in [1.82, 2.24) is 24.6 Å². The molecular formula is C24H33N7O2. The molecule has 0 unspecified atom stereocenters.